The number of rotatable bonds is 5. The highest BCUT2D eigenvalue weighted by Gasteiger charge is 2.34. The molecular weight excluding hydrogens is 360 g/mol. The molecule has 0 radical (unpaired) electrons. The molecule has 7 nitrogen and oxygen atoms in total. The molecule has 2 amide bonds. The van der Waals surface area contributed by atoms with Crippen molar-refractivity contribution in [2.75, 3.05) is 32.2 Å². The molecule has 1 N–H and O–H groups in total. The van der Waals surface area contributed by atoms with Crippen LogP contribution in [0.15, 0.2) is 42.5 Å². The van der Waals surface area contributed by atoms with Gasteiger partial charge in [0.05, 0.1) is 13.0 Å². The smallest absolute Gasteiger partial charge is 0.229 e. The average Bonchev–Trinajstić information content (AvgIpc) is 3.09. The lowest BCUT2D eigenvalue weighted by atomic mass is 10.1. The van der Waals surface area contributed by atoms with Crippen LogP contribution < -0.4 is 19.5 Å². The van der Waals surface area contributed by atoms with Crippen LogP contribution in [0.2, 0.25) is 0 Å². The monoisotopic (exact) mass is 382 g/mol. The molecule has 2 aromatic carbocycles. The minimum atomic E-state index is -0.393. The Morgan fingerprint density at radius 3 is 2.79 bits per heavy atom. The van der Waals surface area contributed by atoms with E-state index >= 15 is 0 Å². The van der Waals surface area contributed by atoms with Gasteiger partial charge in [-0.3, -0.25) is 9.59 Å². The lowest BCUT2D eigenvalue weighted by molar-refractivity contribution is -0.128. The number of anilines is 1. The summed E-state index contributed by atoms with van der Waals surface area (Å²) < 4.78 is 16.4. The molecule has 2 aliphatic heterocycles. The van der Waals surface area contributed by atoms with Crippen molar-refractivity contribution in [3.8, 4) is 17.2 Å². The molecule has 1 atom stereocenters. The van der Waals surface area contributed by atoms with Gasteiger partial charge in [-0.2, -0.15) is 0 Å². The maximum absolute atomic E-state index is 12.7. The quantitative estimate of drug-likeness (QED) is 0.860. The second-order valence-electron chi connectivity index (χ2n) is 6.83. The number of ether oxygens (including phenoxy) is 3. The van der Waals surface area contributed by atoms with E-state index in [0.29, 0.717) is 43.5 Å². The number of nitrogens with one attached hydrogen (secondary N) is 1. The molecule has 1 fully saturated rings. The van der Waals surface area contributed by atoms with Gasteiger partial charge in [-0.15, -0.1) is 0 Å². The Morgan fingerprint density at radius 2 is 1.96 bits per heavy atom. The highest BCUT2D eigenvalue weighted by Crippen LogP contribution is 2.33. The topological polar surface area (TPSA) is 77.1 Å². The largest absolute Gasteiger partial charge is 0.496 e. The third-order valence-electron chi connectivity index (χ3n) is 4.95. The van der Waals surface area contributed by atoms with Crippen molar-refractivity contribution in [2.45, 2.75) is 13.0 Å². The van der Waals surface area contributed by atoms with E-state index in [2.05, 4.69) is 5.32 Å². The molecule has 2 aromatic rings. The molecule has 0 saturated carbocycles. The number of nitrogens with zero attached hydrogens (tertiary/aromatic N) is 1. The number of carbonyl (C=O) groups is 2. The van der Waals surface area contributed by atoms with Crippen LogP contribution >= 0.6 is 0 Å². The fourth-order valence-corrected chi connectivity index (χ4v) is 3.51. The van der Waals surface area contributed by atoms with E-state index in [1.807, 2.05) is 24.3 Å². The van der Waals surface area contributed by atoms with Crippen LogP contribution in [0.25, 0.3) is 0 Å². The molecule has 0 spiro atoms. The summed E-state index contributed by atoms with van der Waals surface area (Å²) in [5.41, 5.74) is 1.55. The third kappa shape index (κ3) is 3.74. The Morgan fingerprint density at radius 1 is 1.18 bits per heavy atom. The number of methoxy groups -OCH3 is 1. The fraction of sp³-hybridized carbons (Fsp3) is 0.333. The van der Waals surface area contributed by atoms with Gasteiger partial charge in [0.1, 0.15) is 19.0 Å². The number of benzene rings is 2. The van der Waals surface area contributed by atoms with Crippen LogP contribution in [0.4, 0.5) is 5.69 Å². The van der Waals surface area contributed by atoms with Gasteiger partial charge in [0, 0.05) is 36.8 Å². The fourth-order valence-electron chi connectivity index (χ4n) is 3.51. The molecule has 0 bridgehead atoms. The molecule has 0 aliphatic carbocycles. The van der Waals surface area contributed by atoms with Gasteiger partial charge >= 0.3 is 0 Å². The van der Waals surface area contributed by atoms with E-state index < -0.39 is 5.92 Å². The minimum absolute atomic E-state index is 0.0340. The maximum Gasteiger partial charge on any atom is 0.229 e. The first kappa shape index (κ1) is 18.2. The summed E-state index contributed by atoms with van der Waals surface area (Å²) in [6.07, 6.45) is 0.200. The molecule has 7 heteroatoms. The van der Waals surface area contributed by atoms with Crippen LogP contribution in [0.1, 0.15) is 12.0 Å². The van der Waals surface area contributed by atoms with Gasteiger partial charge in [-0.1, -0.05) is 18.2 Å². The molecule has 0 aromatic heterocycles. The highest BCUT2D eigenvalue weighted by molar-refractivity contribution is 5.97. The summed E-state index contributed by atoms with van der Waals surface area (Å²) in [4.78, 5) is 26.8. The van der Waals surface area contributed by atoms with E-state index in [4.69, 9.17) is 14.2 Å². The number of para-hydroxylation sites is 1. The van der Waals surface area contributed by atoms with Gasteiger partial charge in [0.25, 0.3) is 0 Å². The second kappa shape index (κ2) is 7.80. The zero-order chi connectivity index (χ0) is 19.5. The van der Waals surface area contributed by atoms with E-state index in [9.17, 15) is 9.59 Å². The summed E-state index contributed by atoms with van der Waals surface area (Å²) in [6.45, 7) is 1.81. The van der Waals surface area contributed by atoms with Crippen LogP contribution in [0, 0.1) is 5.92 Å². The molecule has 1 unspecified atom stereocenters. The van der Waals surface area contributed by atoms with Crippen molar-refractivity contribution in [3.05, 3.63) is 48.0 Å². The summed E-state index contributed by atoms with van der Waals surface area (Å²) in [7, 11) is 1.61. The first-order valence-corrected chi connectivity index (χ1v) is 9.24. The Kier molecular flexibility index (Phi) is 5.06. The first-order chi connectivity index (χ1) is 13.6. The number of hydrogen-bond donors (Lipinski definition) is 1. The van der Waals surface area contributed by atoms with E-state index in [0.717, 1.165) is 11.3 Å². The molecule has 2 heterocycles. The standard InChI is InChI=1S/C21H22N2O5/c1-26-17-5-3-2-4-14(17)12-23-13-15(10-20(23)24)21(25)22-16-6-7-18-19(11-16)28-9-8-27-18/h2-7,11,15H,8-10,12-13H2,1H3,(H,22,25). The molecule has 146 valence electrons. The van der Waals surface area contributed by atoms with E-state index in [1.54, 1.807) is 30.2 Å². The van der Waals surface area contributed by atoms with Crippen LogP contribution in [0.3, 0.4) is 0 Å². The maximum atomic E-state index is 12.7. The zero-order valence-electron chi connectivity index (χ0n) is 15.6. The Bertz CT molecular complexity index is 898. The Balaban J connectivity index is 1.40. The molecule has 2 aliphatic rings. The molecule has 1 saturated heterocycles. The molecular formula is C21H22N2O5. The summed E-state index contributed by atoms with van der Waals surface area (Å²) in [5, 5.41) is 2.88. The lowest BCUT2D eigenvalue weighted by Gasteiger charge is -2.20. The van der Waals surface area contributed by atoms with Crippen molar-refractivity contribution in [1.82, 2.24) is 4.90 Å². The average molecular weight is 382 g/mol. The van der Waals surface area contributed by atoms with Crippen molar-refractivity contribution in [2.24, 2.45) is 5.92 Å². The summed E-state index contributed by atoms with van der Waals surface area (Å²) in [6, 6.07) is 12.9. The third-order valence-corrected chi connectivity index (χ3v) is 4.95. The Labute approximate surface area is 163 Å². The van der Waals surface area contributed by atoms with Crippen molar-refractivity contribution in [1.29, 1.82) is 0 Å². The zero-order valence-corrected chi connectivity index (χ0v) is 15.6. The number of hydrogen-bond acceptors (Lipinski definition) is 5. The van der Waals surface area contributed by atoms with Gasteiger partial charge in [-0.05, 0) is 18.2 Å². The SMILES string of the molecule is COc1ccccc1CN1CC(C(=O)Nc2ccc3c(c2)OCCO3)CC1=O. The predicted octanol–water partition coefficient (Wildman–Crippen LogP) is 2.45. The van der Waals surface area contributed by atoms with E-state index in [-0.39, 0.29) is 18.2 Å². The predicted molar refractivity (Wildman–Crippen MR) is 103 cm³/mol. The lowest BCUT2D eigenvalue weighted by Crippen LogP contribution is -2.28. The van der Waals surface area contributed by atoms with Crippen molar-refractivity contribution >= 4 is 17.5 Å². The second-order valence-corrected chi connectivity index (χ2v) is 6.83. The number of fused-ring (bicyclic) bond motifs is 1. The van der Waals surface area contributed by atoms with Crippen molar-refractivity contribution in [3.63, 3.8) is 0 Å². The van der Waals surface area contributed by atoms with Crippen LogP contribution in [0.5, 0.6) is 17.2 Å². The van der Waals surface area contributed by atoms with Gasteiger partial charge in [-0.25, -0.2) is 0 Å². The summed E-state index contributed by atoms with van der Waals surface area (Å²) >= 11 is 0. The Hall–Kier alpha value is -3.22. The number of likely N-dealkylation sites (tertiary alicyclic amines) is 1. The van der Waals surface area contributed by atoms with Crippen LogP contribution in [-0.4, -0.2) is 43.6 Å². The van der Waals surface area contributed by atoms with Gasteiger partial charge in [0.15, 0.2) is 11.5 Å². The molecule has 28 heavy (non-hydrogen) atoms. The first-order valence-electron chi connectivity index (χ1n) is 9.24. The van der Waals surface area contributed by atoms with Crippen LogP contribution in [-0.2, 0) is 16.1 Å². The normalized spacial score (nSPS) is 18.1. The minimum Gasteiger partial charge on any atom is -0.496 e. The number of amides is 2. The summed E-state index contributed by atoms with van der Waals surface area (Å²) in [5.74, 6) is 1.42. The number of carbonyl (C=O) groups excluding carboxylic acids is 2. The highest BCUT2D eigenvalue weighted by atomic mass is 16.6. The van der Waals surface area contributed by atoms with Crippen molar-refractivity contribution < 1.29 is 23.8 Å². The van der Waals surface area contributed by atoms with Gasteiger partial charge < -0.3 is 24.4 Å². The molecule has 4 rings (SSSR count). The van der Waals surface area contributed by atoms with E-state index in [1.165, 1.54) is 0 Å². The van der Waals surface area contributed by atoms with Gasteiger partial charge in [0.2, 0.25) is 11.8 Å².